The zero-order valence-corrected chi connectivity index (χ0v) is 13.2. The van der Waals surface area contributed by atoms with Gasteiger partial charge in [-0.05, 0) is 18.8 Å². The van der Waals surface area contributed by atoms with Crippen molar-refractivity contribution in [2.75, 3.05) is 0 Å². The lowest BCUT2D eigenvalue weighted by molar-refractivity contribution is 0.464. The average molecular weight is 291 g/mol. The Balaban J connectivity index is 3.14. The normalized spacial score (nSPS) is 15.0. The standard InChI is InChI=1S/C15H31Br/c1-4-6-7-8-9-10-11-12-13-14(3)15(16)5-2/h14-15H,4-13H2,1-3H3. The van der Waals surface area contributed by atoms with Crippen LogP contribution in [0.25, 0.3) is 0 Å². The summed E-state index contributed by atoms with van der Waals surface area (Å²) in [4.78, 5) is 0.733. The topological polar surface area (TPSA) is 0 Å². The SMILES string of the molecule is CCCCCCCCCCC(C)C(Br)CC. The largest absolute Gasteiger partial charge is 0.0888 e. The van der Waals surface area contributed by atoms with Crippen LogP contribution in [0.2, 0.25) is 0 Å². The molecule has 0 aromatic carbocycles. The molecule has 0 amide bonds. The second-order valence-electron chi connectivity index (χ2n) is 5.17. The van der Waals surface area contributed by atoms with E-state index in [1.54, 1.807) is 0 Å². The minimum absolute atomic E-state index is 0.733. The van der Waals surface area contributed by atoms with Crippen molar-refractivity contribution in [3.63, 3.8) is 0 Å². The van der Waals surface area contributed by atoms with E-state index in [0.717, 1.165) is 10.7 Å². The molecule has 0 heterocycles. The molecular formula is C15H31Br. The first-order valence-electron chi connectivity index (χ1n) is 7.36. The first-order valence-corrected chi connectivity index (χ1v) is 8.28. The van der Waals surface area contributed by atoms with Gasteiger partial charge in [-0.2, -0.15) is 0 Å². The summed E-state index contributed by atoms with van der Waals surface area (Å²) in [6, 6.07) is 0. The van der Waals surface area contributed by atoms with Gasteiger partial charge >= 0.3 is 0 Å². The Morgan fingerprint density at radius 2 is 1.31 bits per heavy atom. The van der Waals surface area contributed by atoms with Crippen LogP contribution in [-0.4, -0.2) is 4.83 Å². The van der Waals surface area contributed by atoms with E-state index in [0.29, 0.717) is 0 Å². The zero-order chi connectivity index (χ0) is 12.2. The van der Waals surface area contributed by atoms with Gasteiger partial charge in [0.1, 0.15) is 0 Å². The molecule has 0 aromatic heterocycles. The molecule has 0 aromatic rings. The summed E-state index contributed by atoms with van der Waals surface area (Å²) in [7, 11) is 0. The van der Waals surface area contributed by atoms with Gasteiger partial charge in [0.2, 0.25) is 0 Å². The van der Waals surface area contributed by atoms with Crippen LogP contribution >= 0.6 is 15.9 Å². The summed E-state index contributed by atoms with van der Waals surface area (Å²) in [5.41, 5.74) is 0. The van der Waals surface area contributed by atoms with Gasteiger partial charge < -0.3 is 0 Å². The first-order chi connectivity index (χ1) is 7.72. The van der Waals surface area contributed by atoms with Crippen LogP contribution in [0.3, 0.4) is 0 Å². The van der Waals surface area contributed by atoms with Gasteiger partial charge in [-0.25, -0.2) is 0 Å². The van der Waals surface area contributed by atoms with Crippen LogP contribution in [0.5, 0.6) is 0 Å². The van der Waals surface area contributed by atoms with Crippen molar-refractivity contribution in [1.29, 1.82) is 0 Å². The van der Waals surface area contributed by atoms with Crippen molar-refractivity contribution in [3.8, 4) is 0 Å². The third kappa shape index (κ3) is 9.69. The molecule has 0 nitrogen and oxygen atoms in total. The highest BCUT2D eigenvalue weighted by molar-refractivity contribution is 9.09. The smallest absolute Gasteiger partial charge is 0.0168 e. The van der Waals surface area contributed by atoms with E-state index >= 15 is 0 Å². The maximum atomic E-state index is 3.75. The number of unbranched alkanes of at least 4 members (excludes halogenated alkanes) is 7. The first kappa shape index (κ1) is 16.5. The molecule has 0 rings (SSSR count). The molecule has 0 fully saturated rings. The Bertz CT molecular complexity index is 133. The third-order valence-electron chi connectivity index (χ3n) is 3.52. The maximum Gasteiger partial charge on any atom is 0.0168 e. The predicted octanol–water partition coefficient (Wildman–Crippen LogP) is 6.33. The Morgan fingerprint density at radius 1 is 0.812 bits per heavy atom. The molecule has 0 aliphatic carbocycles. The number of rotatable bonds is 11. The summed E-state index contributed by atoms with van der Waals surface area (Å²) >= 11 is 3.75. The van der Waals surface area contributed by atoms with E-state index in [4.69, 9.17) is 0 Å². The highest BCUT2D eigenvalue weighted by Gasteiger charge is 2.10. The fourth-order valence-corrected chi connectivity index (χ4v) is 2.45. The molecule has 2 atom stereocenters. The molecule has 16 heavy (non-hydrogen) atoms. The molecule has 0 N–H and O–H groups in total. The van der Waals surface area contributed by atoms with Crippen molar-refractivity contribution in [1.82, 2.24) is 0 Å². The third-order valence-corrected chi connectivity index (χ3v) is 5.07. The van der Waals surface area contributed by atoms with E-state index in [-0.39, 0.29) is 0 Å². The molecular weight excluding hydrogens is 260 g/mol. The summed E-state index contributed by atoms with van der Waals surface area (Å²) in [5, 5.41) is 0. The number of hydrogen-bond acceptors (Lipinski definition) is 0. The van der Waals surface area contributed by atoms with Crippen LogP contribution in [0, 0.1) is 5.92 Å². The van der Waals surface area contributed by atoms with E-state index in [1.807, 2.05) is 0 Å². The minimum atomic E-state index is 0.733. The van der Waals surface area contributed by atoms with E-state index in [2.05, 4.69) is 36.7 Å². The Kier molecular flexibility index (Phi) is 12.3. The molecule has 0 spiro atoms. The van der Waals surface area contributed by atoms with Gasteiger partial charge in [-0.1, -0.05) is 88.1 Å². The quantitative estimate of drug-likeness (QED) is 0.308. The van der Waals surface area contributed by atoms with Crippen LogP contribution in [0.15, 0.2) is 0 Å². The summed E-state index contributed by atoms with van der Waals surface area (Å²) in [6.45, 7) is 6.93. The van der Waals surface area contributed by atoms with Gasteiger partial charge in [0.05, 0.1) is 0 Å². The van der Waals surface area contributed by atoms with Crippen LogP contribution in [0.1, 0.15) is 85.0 Å². The van der Waals surface area contributed by atoms with Gasteiger partial charge in [0.25, 0.3) is 0 Å². The lowest BCUT2D eigenvalue weighted by atomic mass is 9.98. The minimum Gasteiger partial charge on any atom is -0.0888 e. The van der Waals surface area contributed by atoms with Crippen LogP contribution in [0.4, 0.5) is 0 Å². The van der Waals surface area contributed by atoms with Crippen molar-refractivity contribution < 1.29 is 0 Å². The lowest BCUT2D eigenvalue weighted by Crippen LogP contribution is -2.09. The highest BCUT2D eigenvalue weighted by Crippen LogP contribution is 2.22. The van der Waals surface area contributed by atoms with Gasteiger partial charge in [0.15, 0.2) is 0 Å². The molecule has 1 heteroatoms. The lowest BCUT2D eigenvalue weighted by Gasteiger charge is -2.16. The predicted molar refractivity (Wildman–Crippen MR) is 79.4 cm³/mol. The monoisotopic (exact) mass is 290 g/mol. The van der Waals surface area contributed by atoms with Gasteiger partial charge in [-0.15, -0.1) is 0 Å². The second-order valence-corrected chi connectivity index (χ2v) is 6.34. The Labute approximate surface area is 112 Å². The van der Waals surface area contributed by atoms with E-state index in [9.17, 15) is 0 Å². The number of halogens is 1. The molecule has 0 saturated carbocycles. The van der Waals surface area contributed by atoms with Crippen molar-refractivity contribution in [3.05, 3.63) is 0 Å². The fourth-order valence-electron chi connectivity index (χ4n) is 2.18. The molecule has 0 saturated heterocycles. The molecule has 0 radical (unpaired) electrons. The molecule has 98 valence electrons. The average Bonchev–Trinajstić information content (AvgIpc) is 2.31. The van der Waals surface area contributed by atoms with Crippen LogP contribution < -0.4 is 0 Å². The number of alkyl halides is 1. The molecule has 0 aliphatic heterocycles. The Hall–Kier alpha value is 0.480. The maximum absolute atomic E-state index is 3.75. The summed E-state index contributed by atoms with van der Waals surface area (Å²) in [6.07, 6.45) is 14.1. The highest BCUT2D eigenvalue weighted by atomic mass is 79.9. The fraction of sp³-hybridized carbons (Fsp3) is 1.00. The van der Waals surface area contributed by atoms with E-state index < -0.39 is 0 Å². The molecule has 2 unspecified atom stereocenters. The molecule has 0 bridgehead atoms. The molecule has 0 aliphatic rings. The summed E-state index contributed by atoms with van der Waals surface area (Å²) in [5.74, 6) is 0.852. The van der Waals surface area contributed by atoms with Gasteiger partial charge in [0, 0.05) is 4.83 Å². The summed E-state index contributed by atoms with van der Waals surface area (Å²) < 4.78 is 0. The zero-order valence-electron chi connectivity index (χ0n) is 11.6. The second kappa shape index (κ2) is 12.0. The van der Waals surface area contributed by atoms with Crippen molar-refractivity contribution in [2.24, 2.45) is 5.92 Å². The Morgan fingerprint density at radius 3 is 1.81 bits per heavy atom. The number of hydrogen-bond donors (Lipinski definition) is 0. The van der Waals surface area contributed by atoms with Crippen LogP contribution in [-0.2, 0) is 0 Å². The van der Waals surface area contributed by atoms with E-state index in [1.165, 1.54) is 64.2 Å². The van der Waals surface area contributed by atoms with Crippen molar-refractivity contribution >= 4 is 15.9 Å². The van der Waals surface area contributed by atoms with Gasteiger partial charge in [-0.3, -0.25) is 0 Å². The van der Waals surface area contributed by atoms with Crippen molar-refractivity contribution in [2.45, 2.75) is 89.8 Å².